The second-order valence-electron chi connectivity index (χ2n) is 7.85. The van der Waals surface area contributed by atoms with Gasteiger partial charge in [-0.3, -0.25) is 10.2 Å². The molecule has 0 saturated carbocycles. The number of aliphatic imine (C=N–C) groups is 1. The first-order chi connectivity index (χ1) is 15.6. The summed E-state index contributed by atoms with van der Waals surface area (Å²) in [6.07, 6.45) is 2.64. The number of carbonyl (C=O) groups is 1. The van der Waals surface area contributed by atoms with E-state index < -0.39 is 15.7 Å². The van der Waals surface area contributed by atoms with E-state index in [0.717, 1.165) is 56.4 Å². The van der Waals surface area contributed by atoms with E-state index in [0.29, 0.717) is 0 Å². The first-order valence-electron chi connectivity index (χ1n) is 10.0. The van der Waals surface area contributed by atoms with E-state index in [1.54, 1.807) is 6.08 Å². The number of sulfone groups is 1. The maximum atomic E-state index is 12.7. The number of aromatic nitrogens is 1. The molecule has 5 rings (SSSR count). The third-order valence-corrected chi connectivity index (χ3v) is 8.09. The van der Waals surface area contributed by atoms with Crippen molar-refractivity contribution in [2.45, 2.75) is 13.8 Å². The summed E-state index contributed by atoms with van der Waals surface area (Å²) in [4.78, 5) is 16.6. The molecular weight excluding hydrogens is 458 g/mol. The van der Waals surface area contributed by atoms with E-state index in [-0.39, 0.29) is 21.0 Å². The molecule has 0 bridgehead atoms. The lowest BCUT2D eigenvalue weighted by Gasteiger charge is -2.20. The largest absolute Gasteiger partial charge is 0.318 e. The molecule has 2 aromatic carbocycles. The van der Waals surface area contributed by atoms with Crippen LogP contribution in [0.2, 0.25) is 0 Å². The summed E-state index contributed by atoms with van der Waals surface area (Å²) in [5.41, 5.74) is 3.70. The van der Waals surface area contributed by atoms with Crippen molar-refractivity contribution in [2.24, 2.45) is 10.1 Å². The zero-order valence-corrected chi connectivity index (χ0v) is 19.7. The fourth-order valence-electron chi connectivity index (χ4n) is 3.93. The van der Waals surface area contributed by atoms with Gasteiger partial charge < -0.3 is 4.57 Å². The molecule has 3 heterocycles. The fourth-order valence-corrected chi connectivity index (χ4v) is 5.61. The number of thioether (sulfide) groups is 1. The van der Waals surface area contributed by atoms with Crippen molar-refractivity contribution in [3.63, 3.8) is 0 Å². The Hall–Kier alpha value is -3.50. The van der Waals surface area contributed by atoms with Crippen LogP contribution >= 0.6 is 11.8 Å². The number of hydrogen-bond donors (Lipinski definition) is 1. The molecule has 1 aromatic heterocycles. The monoisotopic (exact) mass is 477 g/mol. The Morgan fingerprint density at radius 1 is 1.06 bits per heavy atom. The number of nitrogens with zero attached hydrogens (tertiary/aromatic N) is 4. The van der Waals surface area contributed by atoms with Gasteiger partial charge in [0.25, 0.3) is 5.91 Å². The predicted molar refractivity (Wildman–Crippen MR) is 133 cm³/mol. The molecule has 10 heteroatoms. The molecule has 1 N–H and O–H groups in total. The van der Waals surface area contributed by atoms with Gasteiger partial charge in [0, 0.05) is 23.3 Å². The van der Waals surface area contributed by atoms with Crippen LogP contribution in [0.5, 0.6) is 0 Å². The van der Waals surface area contributed by atoms with Crippen molar-refractivity contribution < 1.29 is 13.2 Å². The van der Waals surface area contributed by atoms with Crippen LogP contribution in [0.25, 0.3) is 22.5 Å². The van der Waals surface area contributed by atoms with Crippen LogP contribution in [-0.2, 0) is 14.6 Å². The first kappa shape index (κ1) is 21.4. The Bertz CT molecular complexity index is 1580. The molecule has 0 aliphatic carbocycles. The number of fused-ring (bicyclic) bond motifs is 2. The highest BCUT2D eigenvalue weighted by Gasteiger charge is 2.38. The van der Waals surface area contributed by atoms with Gasteiger partial charge in [0.15, 0.2) is 5.84 Å². The van der Waals surface area contributed by atoms with Crippen LogP contribution in [0.3, 0.4) is 0 Å². The summed E-state index contributed by atoms with van der Waals surface area (Å²) in [6.45, 7) is 3.93. The van der Waals surface area contributed by atoms with Gasteiger partial charge in [0.1, 0.15) is 0 Å². The zero-order valence-electron chi connectivity index (χ0n) is 18.0. The fraction of sp³-hybridized carbons (Fsp3) is 0.130. The van der Waals surface area contributed by atoms with Crippen molar-refractivity contribution in [1.29, 1.82) is 5.41 Å². The number of aryl methyl sites for hydroxylation is 1. The molecule has 0 atom stereocenters. The lowest BCUT2D eigenvalue weighted by molar-refractivity contribution is -0.114. The van der Waals surface area contributed by atoms with Crippen molar-refractivity contribution in [1.82, 2.24) is 9.58 Å². The average molecular weight is 478 g/mol. The minimum atomic E-state index is -3.57. The molecule has 1 amide bonds. The predicted octanol–water partition coefficient (Wildman–Crippen LogP) is 3.87. The Kier molecular flexibility index (Phi) is 4.87. The SMILES string of the molecule is Cc1cc(/C=C2/C(=N)N3N=C(S(C)(=O)=O)SC3=NC2=O)c(C)n1-c1ccc2ccccc2c1. The molecule has 166 valence electrons. The minimum absolute atomic E-state index is 0.0524. The van der Waals surface area contributed by atoms with Gasteiger partial charge in [0.05, 0.1) is 5.57 Å². The van der Waals surface area contributed by atoms with Gasteiger partial charge in [-0.25, -0.2) is 8.42 Å². The van der Waals surface area contributed by atoms with Crippen LogP contribution in [0, 0.1) is 19.3 Å². The third-order valence-electron chi connectivity index (χ3n) is 5.51. The van der Waals surface area contributed by atoms with Gasteiger partial charge >= 0.3 is 0 Å². The number of hydrazone groups is 1. The van der Waals surface area contributed by atoms with Gasteiger partial charge in [0.2, 0.25) is 19.4 Å². The molecule has 3 aromatic rings. The second kappa shape index (κ2) is 7.53. The van der Waals surface area contributed by atoms with Gasteiger partial charge in [-0.2, -0.15) is 10.0 Å². The van der Waals surface area contributed by atoms with E-state index in [2.05, 4.69) is 38.9 Å². The number of benzene rings is 2. The molecule has 0 unspecified atom stereocenters. The van der Waals surface area contributed by atoms with Crippen LogP contribution in [-0.4, -0.2) is 45.5 Å². The Labute approximate surface area is 194 Å². The molecule has 2 aliphatic rings. The van der Waals surface area contributed by atoms with Crippen LogP contribution in [0.1, 0.15) is 17.0 Å². The average Bonchev–Trinajstić information content (AvgIpc) is 3.31. The standard InChI is InChI=1S/C23H19N5O3S2/c1-13-10-17(14(2)27(13)18-9-8-15-6-4-5-7-16(15)11-18)12-19-20(24)28-22(25-21(19)29)32-23(26-28)33(3,30)31/h4-12,24H,1-3H3/b19-12-,24-20?. The molecule has 33 heavy (non-hydrogen) atoms. The lowest BCUT2D eigenvalue weighted by atomic mass is 10.1. The minimum Gasteiger partial charge on any atom is -0.318 e. The van der Waals surface area contributed by atoms with Crippen molar-refractivity contribution in [2.75, 3.05) is 6.26 Å². The summed E-state index contributed by atoms with van der Waals surface area (Å²) in [5.74, 6) is -0.800. The quantitative estimate of drug-likeness (QED) is 0.564. The van der Waals surface area contributed by atoms with Crippen molar-refractivity contribution >= 4 is 59.7 Å². The summed E-state index contributed by atoms with van der Waals surface area (Å²) in [7, 11) is -3.57. The third kappa shape index (κ3) is 3.61. The molecule has 8 nitrogen and oxygen atoms in total. The van der Waals surface area contributed by atoms with Crippen molar-refractivity contribution in [3.8, 4) is 5.69 Å². The topological polar surface area (TPSA) is 108 Å². The maximum Gasteiger partial charge on any atom is 0.283 e. The smallest absolute Gasteiger partial charge is 0.283 e. The highest BCUT2D eigenvalue weighted by atomic mass is 32.3. The molecular formula is C23H19N5O3S2. The molecule has 0 saturated heterocycles. The first-order valence-corrected chi connectivity index (χ1v) is 12.7. The Morgan fingerprint density at radius 2 is 1.79 bits per heavy atom. The summed E-state index contributed by atoms with van der Waals surface area (Å²) in [6, 6.07) is 16.3. The van der Waals surface area contributed by atoms with Gasteiger partial charge in [-0.1, -0.05) is 30.3 Å². The highest BCUT2D eigenvalue weighted by Crippen LogP contribution is 2.31. The Balaban J connectivity index is 1.56. The van der Waals surface area contributed by atoms with E-state index >= 15 is 0 Å². The lowest BCUT2D eigenvalue weighted by Crippen LogP contribution is -2.35. The van der Waals surface area contributed by atoms with Crippen LogP contribution in [0.15, 0.2) is 64.2 Å². The molecule has 0 fully saturated rings. The summed E-state index contributed by atoms with van der Waals surface area (Å²) < 4.78 is 25.6. The number of rotatable bonds is 2. The van der Waals surface area contributed by atoms with E-state index in [1.165, 1.54) is 0 Å². The maximum absolute atomic E-state index is 12.7. The number of amides is 1. The summed E-state index contributed by atoms with van der Waals surface area (Å²) in [5, 5.41) is 15.9. The number of carbonyl (C=O) groups excluding carboxylic acids is 1. The van der Waals surface area contributed by atoms with Crippen LogP contribution < -0.4 is 0 Å². The highest BCUT2D eigenvalue weighted by molar-refractivity contribution is 8.42. The van der Waals surface area contributed by atoms with E-state index in [1.807, 2.05) is 38.1 Å². The molecule has 0 radical (unpaired) electrons. The zero-order chi connectivity index (χ0) is 23.5. The summed E-state index contributed by atoms with van der Waals surface area (Å²) >= 11 is 0.770. The van der Waals surface area contributed by atoms with Crippen LogP contribution in [0.4, 0.5) is 0 Å². The van der Waals surface area contributed by atoms with Gasteiger partial charge in [-0.15, -0.1) is 5.10 Å². The van der Waals surface area contributed by atoms with E-state index in [9.17, 15) is 13.2 Å². The van der Waals surface area contributed by atoms with Crippen molar-refractivity contribution in [3.05, 3.63) is 71.1 Å². The van der Waals surface area contributed by atoms with E-state index in [4.69, 9.17) is 5.41 Å². The number of amidine groups is 2. The number of nitrogens with one attached hydrogen (secondary N) is 1. The molecule has 2 aliphatic heterocycles. The normalized spacial score (nSPS) is 17.5. The Morgan fingerprint density at radius 3 is 2.52 bits per heavy atom. The number of hydrogen-bond acceptors (Lipinski definition) is 6. The molecule has 0 spiro atoms. The second-order valence-corrected chi connectivity index (χ2v) is 11.0. The van der Waals surface area contributed by atoms with Gasteiger partial charge in [-0.05, 0) is 66.2 Å².